The molecule has 0 unspecified atom stereocenters. The molecule has 0 fully saturated rings. The number of hydrazine groups is 1. The lowest BCUT2D eigenvalue weighted by Crippen LogP contribution is -2.39. The Bertz CT molecular complexity index is 1380. The number of hydrogen-bond acceptors (Lipinski definition) is 5. The van der Waals surface area contributed by atoms with Gasteiger partial charge in [0.1, 0.15) is 5.76 Å². The van der Waals surface area contributed by atoms with Crippen LogP contribution in [0.2, 0.25) is 0 Å². The van der Waals surface area contributed by atoms with Gasteiger partial charge in [0.2, 0.25) is 0 Å². The zero-order chi connectivity index (χ0) is 25.6. The van der Waals surface area contributed by atoms with Crippen LogP contribution in [0.1, 0.15) is 40.3 Å². The quantitative estimate of drug-likeness (QED) is 0.215. The first-order valence-electron chi connectivity index (χ1n) is 12.1. The van der Waals surface area contributed by atoms with E-state index >= 15 is 0 Å². The molecule has 0 bridgehead atoms. The molecular formula is C29H27N5O2S. The predicted molar refractivity (Wildman–Crippen MR) is 151 cm³/mol. The first kappa shape index (κ1) is 24.3. The summed E-state index contributed by atoms with van der Waals surface area (Å²) in [6.45, 7) is 1.90. The van der Waals surface area contributed by atoms with Crippen molar-refractivity contribution in [3.8, 4) is 0 Å². The highest BCUT2D eigenvalue weighted by atomic mass is 32.1. The molecule has 3 aromatic carbocycles. The first-order chi connectivity index (χ1) is 18.1. The molecule has 8 heteroatoms. The number of hydrazone groups is 1. The molecule has 0 spiro atoms. The summed E-state index contributed by atoms with van der Waals surface area (Å²) in [5.41, 5.74) is 11.0. The Labute approximate surface area is 221 Å². The third-order valence-electron chi connectivity index (χ3n) is 6.10. The van der Waals surface area contributed by atoms with Gasteiger partial charge in [-0.1, -0.05) is 54.6 Å². The van der Waals surface area contributed by atoms with E-state index in [0.29, 0.717) is 5.11 Å². The Balaban J connectivity index is 1.37. The zero-order valence-corrected chi connectivity index (χ0v) is 21.2. The van der Waals surface area contributed by atoms with Crippen molar-refractivity contribution in [2.75, 3.05) is 10.3 Å². The van der Waals surface area contributed by atoms with Crippen LogP contribution < -0.4 is 21.2 Å². The molecule has 0 aliphatic heterocycles. The van der Waals surface area contributed by atoms with E-state index in [4.69, 9.17) is 16.6 Å². The van der Waals surface area contributed by atoms with Crippen molar-refractivity contribution in [1.82, 2.24) is 10.9 Å². The summed E-state index contributed by atoms with van der Waals surface area (Å²) in [6.07, 6.45) is 2.38. The molecule has 1 aliphatic rings. The van der Waals surface area contributed by atoms with Gasteiger partial charge in [0.15, 0.2) is 10.9 Å². The minimum atomic E-state index is -0.326. The summed E-state index contributed by atoms with van der Waals surface area (Å²) in [5.74, 6) is 0.719. The van der Waals surface area contributed by atoms with Crippen molar-refractivity contribution < 1.29 is 9.21 Å². The number of carbonyl (C=O) groups is 1. The Hall–Kier alpha value is -4.43. The predicted octanol–water partition coefficient (Wildman–Crippen LogP) is 6.10. The minimum Gasteiger partial charge on any atom is -0.455 e. The van der Waals surface area contributed by atoms with Crippen molar-refractivity contribution in [1.29, 1.82) is 0 Å². The van der Waals surface area contributed by atoms with Gasteiger partial charge >= 0.3 is 5.91 Å². The van der Waals surface area contributed by atoms with Gasteiger partial charge in [0.05, 0.1) is 17.1 Å². The molecule has 7 nitrogen and oxygen atoms in total. The summed E-state index contributed by atoms with van der Waals surface area (Å²) in [7, 11) is 0. The maximum Gasteiger partial charge on any atom is 0.306 e. The fourth-order valence-electron chi connectivity index (χ4n) is 4.38. The molecule has 1 aliphatic carbocycles. The maximum absolute atomic E-state index is 13.5. The highest BCUT2D eigenvalue weighted by molar-refractivity contribution is 7.80. The Kier molecular flexibility index (Phi) is 7.28. The molecule has 0 saturated carbocycles. The second kappa shape index (κ2) is 11.1. The molecule has 3 N–H and O–H groups in total. The number of hydrogen-bond donors (Lipinski definition) is 3. The van der Waals surface area contributed by atoms with Crippen molar-refractivity contribution in [3.05, 3.63) is 114 Å². The summed E-state index contributed by atoms with van der Waals surface area (Å²) in [6, 6.07) is 29.0. The molecule has 1 amide bonds. The third-order valence-corrected chi connectivity index (χ3v) is 6.29. The van der Waals surface area contributed by atoms with E-state index in [0.717, 1.165) is 58.9 Å². The molecule has 4 aromatic rings. The Morgan fingerprint density at radius 3 is 2.11 bits per heavy atom. The van der Waals surface area contributed by atoms with Crippen LogP contribution in [-0.2, 0) is 6.42 Å². The van der Waals surface area contributed by atoms with Gasteiger partial charge in [-0.3, -0.25) is 20.7 Å². The van der Waals surface area contributed by atoms with Crippen LogP contribution in [0.5, 0.6) is 0 Å². The number of carbonyl (C=O) groups excluding carboxylic acids is 1. The number of nitrogens with one attached hydrogen (secondary N) is 3. The summed E-state index contributed by atoms with van der Waals surface area (Å²) in [4.78, 5) is 13.5. The van der Waals surface area contributed by atoms with E-state index in [9.17, 15) is 4.79 Å². The fourth-order valence-corrected chi connectivity index (χ4v) is 4.54. The number of para-hydroxylation sites is 3. The number of thiocarbonyl (C=S) groups is 1. The normalized spacial score (nSPS) is 13.5. The van der Waals surface area contributed by atoms with E-state index in [-0.39, 0.29) is 11.7 Å². The van der Waals surface area contributed by atoms with Gasteiger partial charge in [-0.05, 0) is 68.4 Å². The van der Waals surface area contributed by atoms with E-state index in [1.807, 2.05) is 97.9 Å². The molecule has 186 valence electrons. The number of aryl methyl sites for hydroxylation is 1. The zero-order valence-electron chi connectivity index (χ0n) is 20.4. The first-order valence-corrected chi connectivity index (χ1v) is 12.5. The van der Waals surface area contributed by atoms with E-state index < -0.39 is 0 Å². The van der Waals surface area contributed by atoms with Crippen LogP contribution in [0.15, 0.2) is 101 Å². The lowest BCUT2D eigenvalue weighted by Gasteiger charge is -2.25. The molecule has 1 aromatic heterocycles. The number of rotatable bonds is 6. The van der Waals surface area contributed by atoms with E-state index in [1.165, 1.54) is 0 Å². The second-order valence-corrected chi connectivity index (χ2v) is 9.05. The highest BCUT2D eigenvalue weighted by Gasteiger charge is 2.29. The summed E-state index contributed by atoms with van der Waals surface area (Å²) in [5, 5.41) is 9.84. The van der Waals surface area contributed by atoms with Crippen LogP contribution >= 0.6 is 12.2 Å². The van der Waals surface area contributed by atoms with E-state index in [1.54, 1.807) is 5.01 Å². The standard InChI is InChI=1S/C29H27N5O2S/c1-20-26-24(31-32-29(37)30-21-12-5-2-6-13-21)18-11-19-25(26)36-27(20)28(35)33-34(22-14-7-3-8-15-22)23-16-9-4-10-17-23/h2-10,12-17H,11,18-19H2,1H3,(H,33,35)(H2,30,32,37)/b31-24+. The minimum absolute atomic E-state index is 0.279. The van der Waals surface area contributed by atoms with Crippen LogP contribution in [0.3, 0.4) is 0 Å². The van der Waals surface area contributed by atoms with Crippen LogP contribution in [0.4, 0.5) is 17.1 Å². The molecule has 37 heavy (non-hydrogen) atoms. The fraction of sp³-hybridized carbons (Fsp3) is 0.138. The molecule has 5 rings (SSSR count). The maximum atomic E-state index is 13.5. The number of anilines is 3. The average Bonchev–Trinajstić information content (AvgIpc) is 3.29. The van der Waals surface area contributed by atoms with Gasteiger partial charge in [0.25, 0.3) is 0 Å². The Morgan fingerprint density at radius 1 is 0.892 bits per heavy atom. The lowest BCUT2D eigenvalue weighted by molar-refractivity contribution is 0.0923. The molecular weight excluding hydrogens is 482 g/mol. The topological polar surface area (TPSA) is 81.9 Å². The van der Waals surface area contributed by atoms with Crippen LogP contribution in [0, 0.1) is 6.92 Å². The summed E-state index contributed by atoms with van der Waals surface area (Å²) < 4.78 is 6.11. The van der Waals surface area contributed by atoms with Gasteiger partial charge < -0.3 is 9.73 Å². The van der Waals surface area contributed by atoms with Crippen molar-refractivity contribution in [2.45, 2.75) is 26.2 Å². The highest BCUT2D eigenvalue weighted by Crippen LogP contribution is 2.30. The number of furan rings is 1. The molecule has 1 heterocycles. The summed E-state index contributed by atoms with van der Waals surface area (Å²) >= 11 is 5.40. The number of amides is 1. The number of nitrogens with zero attached hydrogens (tertiary/aromatic N) is 2. The van der Waals surface area contributed by atoms with Gasteiger partial charge in [-0.2, -0.15) is 5.10 Å². The lowest BCUT2D eigenvalue weighted by atomic mass is 9.93. The van der Waals surface area contributed by atoms with Crippen LogP contribution in [0.25, 0.3) is 0 Å². The van der Waals surface area contributed by atoms with Gasteiger partial charge in [-0.15, -0.1) is 0 Å². The second-order valence-electron chi connectivity index (χ2n) is 8.65. The van der Waals surface area contributed by atoms with E-state index in [2.05, 4.69) is 21.3 Å². The van der Waals surface area contributed by atoms with Crippen LogP contribution in [-0.4, -0.2) is 16.7 Å². The van der Waals surface area contributed by atoms with Crippen molar-refractivity contribution in [2.24, 2.45) is 5.10 Å². The smallest absolute Gasteiger partial charge is 0.306 e. The average molecular weight is 510 g/mol. The van der Waals surface area contributed by atoms with Crippen molar-refractivity contribution >= 4 is 46.0 Å². The molecule has 0 radical (unpaired) electrons. The van der Waals surface area contributed by atoms with Gasteiger partial charge in [-0.25, -0.2) is 0 Å². The third kappa shape index (κ3) is 5.54. The SMILES string of the molecule is Cc1c(C(=O)NN(c2ccccc2)c2ccccc2)oc2c1/C(=N/NC(=S)Nc1ccccc1)CCC2. The number of benzene rings is 3. The monoisotopic (exact) mass is 509 g/mol. The largest absolute Gasteiger partial charge is 0.455 e. The van der Waals surface area contributed by atoms with Crippen molar-refractivity contribution in [3.63, 3.8) is 0 Å². The Morgan fingerprint density at radius 2 is 1.49 bits per heavy atom. The number of fused-ring (bicyclic) bond motifs is 1. The molecule has 0 saturated heterocycles. The van der Waals surface area contributed by atoms with Gasteiger partial charge in [0, 0.05) is 23.2 Å². The molecule has 0 atom stereocenters.